The van der Waals surface area contributed by atoms with Gasteiger partial charge in [0.05, 0.1) is 0 Å². The second-order valence-electron chi connectivity index (χ2n) is 3.46. The Bertz CT molecular complexity index is 512. The predicted molar refractivity (Wildman–Crippen MR) is 69.3 cm³/mol. The molecule has 2 aromatic rings. The van der Waals surface area contributed by atoms with Gasteiger partial charge in [0.2, 0.25) is 0 Å². The topological polar surface area (TPSA) is 75.9 Å². The van der Waals surface area contributed by atoms with Crippen LogP contribution in [0.1, 0.15) is 5.82 Å². The zero-order valence-corrected chi connectivity index (χ0v) is 9.99. The fourth-order valence-electron chi connectivity index (χ4n) is 1.39. The minimum atomic E-state index is 0.564. The molecule has 0 amide bonds. The monoisotopic (exact) mass is 249 g/mol. The molecule has 0 saturated carbocycles. The van der Waals surface area contributed by atoms with Crippen LogP contribution in [-0.2, 0) is 0 Å². The molecular weight excluding hydrogens is 238 g/mol. The molecule has 0 atom stereocenters. The fraction of sp³-hybridized carbons (Fsp3) is 0.0909. The minimum Gasteiger partial charge on any atom is -0.340 e. The molecule has 0 saturated heterocycles. The highest BCUT2D eigenvalue weighted by Gasteiger charge is 2.01. The van der Waals surface area contributed by atoms with Gasteiger partial charge in [-0.05, 0) is 31.2 Å². The van der Waals surface area contributed by atoms with Crippen LogP contribution < -0.4 is 16.6 Å². The Morgan fingerprint density at radius 1 is 1.12 bits per heavy atom. The molecule has 4 N–H and O–H groups in total. The number of aryl methyl sites for hydroxylation is 1. The first-order chi connectivity index (χ1) is 8.17. The molecule has 0 unspecified atom stereocenters. The van der Waals surface area contributed by atoms with Crippen LogP contribution in [0.5, 0.6) is 0 Å². The largest absolute Gasteiger partial charge is 0.340 e. The highest BCUT2D eigenvalue weighted by molar-refractivity contribution is 6.30. The van der Waals surface area contributed by atoms with Gasteiger partial charge in [0.15, 0.2) is 0 Å². The highest BCUT2D eigenvalue weighted by atomic mass is 35.5. The molecule has 0 aliphatic heterocycles. The van der Waals surface area contributed by atoms with E-state index in [9.17, 15) is 0 Å². The third-order valence-corrected chi connectivity index (χ3v) is 2.35. The van der Waals surface area contributed by atoms with Crippen molar-refractivity contribution < 1.29 is 0 Å². The molecule has 0 radical (unpaired) electrons. The zero-order chi connectivity index (χ0) is 12.3. The van der Waals surface area contributed by atoms with Crippen molar-refractivity contribution in [2.45, 2.75) is 6.92 Å². The summed E-state index contributed by atoms with van der Waals surface area (Å²) in [6.07, 6.45) is 0. The van der Waals surface area contributed by atoms with Gasteiger partial charge in [-0.25, -0.2) is 15.8 Å². The lowest BCUT2D eigenvalue weighted by Crippen LogP contribution is -2.10. The minimum absolute atomic E-state index is 0.564. The van der Waals surface area contributed by atoms with Crippen LogP contribution in [0.4, 0.5) is 17.3 Å². The maximum absolute atomic E-state index is 5.81. The summed E-state index contributed by atoms with van der Waals surface area (Å²) in [6, 6.07) is 9.08. The van der Waals surface area contributed by atoms with Crippen molar-refractivity contribution in [2.24, 2.45) is 5.84 Å². The smallest absolute Gasteiger partial charge is 0.145 e. The molecule has 17 heavy (non-hydrogen) atoms. The molecule has 0 aliphatic rings. The summed E-state index contributed by atoms with van der Waals surface area (Å²) in [5, 5.41) is 3.83. The molecule has 1 aromatic carbocycles. The van der Waals surface area contributed by atoms with Gasteiger partial charge >= 0.3 is 0 Å². The second-order valence-corrected chi connectivity index (χ2v) is 3.90. The number of hydrogen-bond acceptors (Lipinski definition) is 5. The van der Waals surface area contributed by atoms with E-state index in [-0.39, 0.29) is 0 Å². The van der Waals surface area contributed by atoms with Crippen LogP contribution >= 0.6 is 11.6 Å². The number of nitrogen functional groups attached to an aromatic ring is 1. The number of nitrogens with two attached hydrogens (primary N) is 1. The van der Waals surface area contributed by atoms with Gasteiger partial charge in [-0.15, -0.1) is 0 Å². The van der Waals surface area contributed by atoms with Crippen molar-refractivity contribution in [1.29, 1.82) is 0 Å². The number of halogens is 1. The average molecular weight is 250 g/mol. The summed E-state index contributed by atoms with van der Waals surface area (Å²) >= 11 is 5.81. The Hall–Kier alpha value is -1.85. The van der Waals surface area contributed by atoms with E-state index in [4.69, 9.17) is 17.4 Å². The van der Waals surface area contributed by atoms with E-state index < -0.39 is 0 Å². The van der Waals surface area contributed by atoms with Gasteiger partial charge in [0.1, 0.15) is 17.5 Å². The summed E-state index contributed by atoms with van der Waals surface area (Å²) < 4.78 is 0. The maximum Gasteiger partial charge on any atom is 0.145 e. The van der Waals surface area contributed by atoms with Crippen molar-refractivity contribution in [2.75, 3.05) is 10.7 Å². The van der Waals surface area contributed by atoms with Crippen molar-refractivity contribution in [3.8, 4) is 0 Å². The summed E-state index contributed by atoms with van der Waals surface area (Å²) in [4.78, 5) is 8.35. The maximum atomic E-state index is 5.81. The van der Waals surface area contributed by atoms with Gasteiger partial charge < -0.3 is 10.7 Å². The summed E-state index contributed by atoms with van der Waals surface area (Å²) in [6.45, 7) is 1.80. The van der Waals surface area contributed by atoms with Gasteiger partial charge in [-0.1, -0.05) is 11.6 Å². The average Bonchev–Trinajstić information content (AvgIpc) is 2.31. The van der Waals surface area contributed by atoms with E-state index in [1.165, 1.54) is 0 Å². The Labute approximate surface area is 104 Å². The number of hydrazine groups is 1. The van der Waals surface area contributed by atoms with E-state index >= 15 is 0 Å². The number of hydrogen-bond donors (Lipinski definition) is 3. The molecule has 0 fully saturated rings. The number of aromatic nitrogens is 2. The predicted octanol–water partition coefficient (Wildman–Crippen LogP) is 2.47. The first kappa shape index (κ1) is 11.6. The number of nitrogens with zero attached hydrogens (tertiary/aromatic N) is 2. The second kappa shape index (κ2) is 4.99. The number of nitrogens with one attached hydrogen (secondary N) is 2. The Morgan fingerprint density at radius 2 is 1.76 bits per heavy atom. The van der Waals surface area contributed by atoms with Crippen molar-refractivity contribution in [3.63, 3.8) is 0 Å². The zero-order valence-electron chi connectivity index (χ0n) is 9.24. The Morgan fingerprint density at radius 3 is 2.41 bits per heavy atom. The summed E-state index contributed by atoms with van der Waals surface area (Å²) in [5.74, 6) is 7.19. The number of benzene rings is 1. The summed E-state index contributed by atoms with van der Waals surface area (Å²) in [7, 11) is 0. The molecule has 0 aliphatic carbocycles. The van der Waals surface area contributed by atoms with Gasteiger partial charge in [-0.3, -0.25) is 0 Å². The standard InChI is InChI=1S/C11H12ClN5/c1-7-14-10(6-11(15-7)17-13)16-9-4-2-8(12)3-5-9/h2-6H,13H2,1H3,(H2,14,15,16,17). The van der Waals surface area contributed by atoms with Crippen molar-refractivity contribution >= 4 is 28.9 Å². The van der Waals surface area contributed by atoms with Crippen LogP contribution in [0.3, 0.4) is 0 Å². The molecule has 6 heteroatoms. The molecule has 5 nitrogen and oxygen atoms in total. The van der Waals surface area contributed by atoms with Crippen LogP contribution in [0.2, 0.25) is 5.02 Å². The van der Waals surface area contributed by atoms with Crippen LogP contribution in [0.15, 0.2) is 30.3 Å². The van der Waals surface area contributed by atoms with E-state index in [1.54, 1.807) is 25.1 Å². The normalized spacial score (nSPS) is 10.1. The lowest BCUT2D eigenvalue weighted by Gasteiger charge is -2.08. The lowest BCUT2D eigenvalue weighted by atomic mass is 10.3. The molecule has 88 valence electrons. The third kappa shape index (κ3) is 3.05. The van der Waals surface area contributed by atoms with Gasteiger partial charge in [-0.2, -0.15) is 0 Å². The van der Waals surface area contributed by atoms with Crippen LogP contribution in [-0.4, -0.2) is 9.97 Å². The lowest BCUT2D eigenvalue weighted by molar-refractivity contribution is 1.05. The summed E-state index contributed by atoms with van der Waals surface area (Å²) in [5.41, 5.74) is 3.39. The van der Waals surface area contributed by atoms with Crippen LogP contribution in [0.25, 0.3) is 0 Å². The Kier molecular flexibility index (Phi) is 3.41. The SMILES string of the molecule is Cc1nc(NN)cc(Nc2ccc(Cl)cc2)n1. The Balaban J connectivity index is 2.23. The van der Waals surface area contributed by atoms with Gasteiger partial charge in [0, 0.05) is 16.8 Å². The first-order valence-electron chi connectivity index (χ1n) is 5.02. The van der Waals surface area contributed by atoms with Crippen molar-refractivity contribution in [3.05, 3.63) is 41.2 Å². The molecule has 0 bridgehead atoms. The molecule has 1 aromatic heterocycles. The molecule has 0 spiro atoms. The quantitative estimate of drug-likeness (QED) is 0.576. The first-order valence-corrected chi connectivity index (χ1v) is 5.40. The number of rotatable bonds is 3. The van der Waals surface area contributed by atoms with Crippen molar-refractivity contribution in [1.82, 2.24) is 9.97 Å². The molecular formula is C11H12ClN5. The van der Waals surface area contributed by atoms with Crippen LogP contribution in [0, 0.1) is 6.92 Å². The highest BCUT2D eigenvalue weighted by Crippen LogP contribution is 2.19. The fourth-order valence-corrected chi connectivity index (χ4v) is 1.51. The molecule has 2 rings (SSSR count). The van der Waals surface area contributed by atoms with Gasteiger partial charge in [0.25, 0.3) is 0 Å². The third-order valence-electron chi connectivity index (χ3n) is 2.10. The molecule has 1 heterocycles. The van der Waals surface area contributed by atoms with E-state index in [2.05, 4.69) is 20.7 Å². The van der Waals surface area contributed by atoms with E-state index in [0.717, 1.165) is 5.69 Å². The number of anilines is 3. The van der Waals surface area contributed by atoms with E-state index in [0.29, 0.717) is 22.5 Å². The van der Waals surface area contributed by atoms with E-state index in [1.807, 2.05) is 12.1 Å².